The average molecular weight is 347 g/mol. The molecule has 0 fully saturated rings. The summed E-state index contributed by atoms with van der Waals surface area (Å²) in [5.74, 6) is -0.907. The summed E-state index contributed by atoms with van der Waals surface area (Å²) in [5, 5.41) is 22.2. The summed E-state index contributed by atoms with van der Waals surface area (Å²) in [5.41, 5.74) is 0.349. The zero-order valence-corrected chi connectivity index (χ0v) is 13.3. The molecule has 0 saturated heterocycles. The standard InChI is InChI=1S/C18H18FNO5/c19-16-13(10-21)7-4-8-14(16)17(23)15(22)9-20-18(24)25-11-12-5-2-1-3-6-12/h1-8,10,15,17,22-23H,9,11H2,(H,20,24). The van der Waals surface area contributed by atoms with Crippen molar-refractivity contribution in [1.29, 1.82) is 0 Å². The molecule has 0 radical (unpaired) electrons. The molecule has 2 aromatic carbocycles. The van der Waals surface area contributed by atoms with Crippen molar-refractivity contribution in [3.63, 3.8) is 0 Å². The predicted octanol–water partition coefficient (Wildman–Crippen LogP) is 1.96. The van der Waals surface area contributed by atoms with Crippen molar-refractivity contribution < 1.29 is 28.9 Å². The quantitative estimate of drug-likeness (QED) is 0.666. The van der Waals surface area contributed by atoms with Crippen molar-refractivity contribution in [2.75, 3.05) is 6.54 Å². The number of amides is 1. The van der Waals surface area contributed by atoms with Gasteiger partial charge in [-0.25, -0.2) is 9.18 Å². The van der Waals surface area contributed by atoms with Crippen molar-refractivity contribution >= 4 is 12.4 Å². The van der Waals surface area contributed by atoms with Crippen LogP contribution in [0.25, 0.3) is 0 Å². The van der Waals surface area contributed by atoms with E-state index in [2.05, 4.69) is 5.32 Å². The molecule has 0 aliphatic carbocycles. The number of hydrogen-bond acceptors (Lipinski definition) is 5. The van der Waals surface area contributed by atoms with E-state index in [0.29, 0.717) is 6.29 Å². The van der Waals surface area contributed by atoms with E-state index in [1.165, 1.54) is 18.2 Å². The lowest BCUT2D eigenvalue weighted by Gasteiger charge is -2.19. The highest BCUT2D eigenvalue weighted by Gasteiger charge is 2.23. The van der Waals surface area contributed by atoms with Crippen LogP contribution in [-0.4, -0.2) is 35.2 Å². The Morgan fingerprint density at radius 3 is 2.56 bits per heavy atom. The maximum absolute atomic E-state index is 14.0. The highest BCUT2D eigenvalue weighted by atomic mass is 19.1. The number of halogens is 1. The van der Waals surface area contributed by atoms with Crippen LogP contribution in [0, 0.1) is 5.82 Å². The van der Waals surface area contributed by atoms with Crippen molar-refractivity contribution in [1.82, 2.24) is 5.32 Å². The van der Waals surface area contributed by atoms with E-state index in [0.717, 1.165) is 5.56 Å². The number of carbonyl (C=O) groups excluding carboxylic acids is 2. The van der Waals surface area contributed by atoms with Crippen LogP contribution in [0.4, 0.5) is 9.18 Å². The summed E-state index contributed by atoms with van der Waals surface area (Å²) in [6.45, 7) is -0.291. The van der Waals surface area contributed by atoms with Gasteiger partial charge in [0.05, 0.1) is 5.56 Å². The van der Waals surface area contributed by atoms with E-state index < -0.39 is 24.1 Å². The van der Waals surface area contributed by atoms with Gasteiger partial charge in [-0.1, -0.05) is 42.5 Å². The first-order chi connectivity index (χ1) is 12.0. The Kier molecular flexibility index (Phi) is 6.62. The van der Waals surface area contributed by atoms with Gasteiger partial charge in [0.25, 0.3) is 0 Å². The Morgan fingerprint density at radius 2 is 1.88 bits per heavy atom. The molecule has 2 atom stereocenters. The van der Waals surface area contributed by atoms with Gasteiger partial charge in [-0.05, 0) is 11.6 Å². The smallest absolute Gasteiger partial charge is 0.407 e. The van der Waals surface area contributed by atoms with Crippen molar-refractivity contribution in [3.8, 4) is 0 Å². The number of aliphatic hydroxyl groups excluding tert-OH is 2. The third-order valence-electron chi connectivity index (χ3n) is 3.54. The molecule has 132 valence electrons. The number of rotatable bonds is 7. The summed E-state index contributed by atoms with van der Waals surface area (Å²) in [6.07, 6.45) is -3.54. The Bertz CT molecular complexity index is 723. The molecule has 0 spiro atoms. The number of hydrogen-bond donors (Lipinski definition) is 3. The van der Waals surface area contributed by atoms with E-state index in [-0.39, 0.29) is 24.3 Å². The second kappa shape index (κ2) is 8.91. The minimum absolute atomic E-state index is 0.0569. The zero-order chi connectivity index (χ0) is 18.2. The van der Waals surface area contributed by atoms with Gasteiger partial charge in [-0.3, -0.25) is 4.79 Å². The van der Waals surface area contributed by atoms with Crippen molar-refractivity contribution in [2.24, 2.45) is 0 Å². The van der Waals surface area contributed by atoms with Gasteiger partial charge in [0, 0.05) is 12.1 Å². The molecule has 0 saturated carbocycles. The summed E-state index contributed by atoms with van der Waals surface area (Å²) in [7, 11) is 0. The van der Waals surface area contributed by atoms with E-state index in [1.807, 2.05) is 6.07 Å². The highest BCUT2D eigenvalue weighted by molar-refractivity contribution is 5.75. The van der Waals surface area contributed by atoms with Crippen LogP contribution in [0.1, 0.15) is 27.6 Å². The summed E-state index contributed by atoms with van der Waals surface area (Å²) in [4.78, 5) is 22.3. The van der Waals surface area contributed by atoms with E-state index in [1.54, 1.807) is 24.3 Å². The lowest BCUT2D eigenvalue weighted by molar-refractivity contribution is 0.0163. The van der Waals surface area contributed by atoms with Gasteiger partial charge in [-0.15, -0.1) is 0 Å². The molecule has 6 nitrogen and oxygen atoms in total. The van der Waals surface area contributed by atoms with Gasteiger partial charge in [0.1, 0.15) is 24.6 Å². The zero-order valence-electron chi connectivity index (χ0n) is 13.3. The van der Waals surface area contributed by atoms with Crippen LogP contribution in [0.15, 0.2) is 48.5 Å². The number of carbonyl (C=O) groups is 2. The minimum atomic E-state index is -1.60. The molecule has 1 amide bonds. The molecular formula is C18H18FNO5. The summed E-state index contributed by atoms with van der Waals surface area (Å²) in [6, 6.07) is 12.9. The topological polar surface area (TPSA) is 95.9 Å². The van der Waals surface area contributed by atoms with E-state index in [9.17, 15) is 24.2 Å². The molecule has 7 heteroatoms. The normalized spacial score (nSPS) is 12.9. The molecule has 2 rings (SSSR count). The fourth-order valence-corrected chi connectivity index (χ4v) is 2.17. The number of nitrogens with one attached hydrogen (secondary N) is 1. The van der Waals surface area contributed by atoms with E-state index >= 15 is 0 Å². The van der Waals surface area contributed by atoms with Gasteiger partial charge in [0.15, 0.2) is 6.29 Å². The van der Waals surface area contributed by atoms with Crippen LogP contribution >= 0.6 is 0 Å². The lowest BCUT2D eigenvalue weighted by Crippen LogP contribution is -2.36. The van der Waals surface area contributed by atoms with Crippen molar-refractivity contribution in [2.45, 2.75) is 18.8 Å². The number of aliphatic hydroxyl groups is 2. The second-order valence-electron chi connectivity index (χ2n) is 5.32. The lowest BCUT2D eigenvalue weighted by atomic mass is 10.0. The fourth-order valence-electron chi connectivity index (χ4n) is 2.17. The second-order valence-corrected chi connectivity index (χ2v) is 5.32. The molecule has 3 N–H and O–H groups in total. The number of aldehydes is 1. The molecule has 0 aliphatic rings. The molecular weight excluding hydrogens is 329 g/mol. The molecule has 25 heavy (non-hydrogen) atoms. The van der Waals surface area contributed by atoms with Crippen molar-refractivity contribution in [3.05, 3.63) is 71.0 Å². The largest absolute Gasteiger partial charge is 0.445 e. The van der Waals surface area contributed by atoms with Gasteiger partial charge in [0.2, 0.25) is 0 Å². The van der Waals surface area contributed by atoms with Crippen LogP contribution in [0.2, 0.25) is 0 Å². The third-order valence-corrected chi connectivity index (χ3v) is 3.54. The minimum Gasteiger partial charge on any atom is -0.445 e. The Morgan fingerprint density at radius 1 is 1.16 bits per heavy atom. The number of ether oxygens (including phenoxy) is 1. The maximum Gasteiger partial charge on any atom is 0.407 e. The summed E-state index contributed by atoms with van der Waals surface area (Å²) < 4.78 is 18.9. The molecule has 0 aliphatic heterocycles. The highest BCUT2D eigenvalue weighted by Crippen LogP contribution is 2.22. The van der Waals surface area contributed by atoms with Gasteiger partial charge < -0.3 is 20.3 Å². The van der Waals surface area contributed by atoms with Crippen LogP contribution in [0.5, 0.6) is 0 Å². The Balaban J connectivity index is 1.86. The summed E-state index contributed by atoms with van der Waals surface area (Å²) >= 11 is 0. The van der Waals surface area contributed by atoms with Gasteiger partial charge in [-0.2, -0.15) is 0 Å². The Hall–Kier alpha value is -2.77. The van der Waals surface area contributed by atoms with Crippen LogP contribution in [0.3, 0.4) is 0 Å². The first-order valence-corrected chi connectivity index (χ1v) is 7.57. The van der Waals surface area contributed by atoms with Gasteiger partial charge >= 0.3 is 6.09 Å². The van der Waals surface area contributed by atoms with Crippen LogP contribution < -0.4 is 5.32 Å². The van der Waals surface area contributed by atoms with E-state index in [4.69, 9.17) is 4.74 Å². The third kappa shape index (κ3) is 5.10. The SMILES string of the molecule is O=Cc1cccc(C(O)C(O)CNC(=O)OCc2ccccc2)c1F. The fraction of sp³-hybridized carbons (Fsp3) is 0.222. The molecule has 2 unspecified atom stereocenters. The maximum atomic E-state index is 14.0. The molecule has 0 heterocycles. The number of alkyl carbamates (subject to hydrolysis) is 1. The molecule has 0 bridgehead atoms. The number of benzene rings is 2. The molecule has 0 aromatic heterocycles. The van der Waals surface area contributed by atoms with Crippen LogP contribution in [-0.2, 0) is 11.3 Å². The Labute approximate surface area is 143 Å². The monoisotopic (exact) mass is 347 g/mol. The molecule has 2 aromatic rings. The predicted molar refractivity (Wildman–Crippen MR) is 87.4 cm³/mol. The first kappa shape index (κ1) is 18.6. The average Bonchev–Trinajstić information content (AvgIpc) is 2.65. The first-order valence-electron chi connectivity index (χ1n) is 7.57.